The summed E-state index contributed by atoms with van der Waals surface area (Å²) >= 11 is 0. The van der Waals surface area contributed by atoms with Crippen LogP contribution in [-0.4, -0.2) is 24.8 Å². The van der Waals surface area contributed by atoms with Crippen molar-refractivity contribution < 1.29 is 9.63 Å². The van der Waals surface area contributed by atoms with Crippen LogP contribution in [-0.2, 0) is 6.54 Å². The van der Waals surface area contributed by atoms with E-state index in [0.29, 0.717) is 23.8 Å². The molecular weight excluding hydrogens is 378 g/mol. The molecule has 1 atom stereocenters. The molecule has 3 heterocycles. The number of hydrogen-bond donors (Lipinski definition) is 1. The van der Waals surface area contributed by atoms with Crippen LogP contribution in [0.1, 0.15) is 41.4 Å². The average Bonchev–Trinajstić information content (AvgIpc) is 3.43. The van der Waals surface area contributed by atoms with Crippen molar-refractivity contribution in [3.05, 3.63) is 89.4 Å². The number of benzene rings is 1. The van der Waals surface area contributed by atoms with Gasteiger partial charge in [0.25, 0.3) is 0 Å². The number of aliphatic hydroxyl groups excluding tert-OH is 1. The van der Waals surface area contributed by atoms with Gasteiger partial charge in [-0.15, -0.1) is 0 Å². The molecule has 0 aliphatic rings. The van der Waals surface area contributed by atoms with E-state index in [1.54, 1.807) is 37.6 Å². The Balaban J connectivity index is 1.46. The van der Waals surface area contributed by atoms with Gasteiger partial charge in [-0.1, -0.05) is 17.0 Å². The Labute approximate surface area is 173 Å². The topological polar surface area (TPSA) is 101 Å². The molecule has 0 aliphatic heterocycles. The van der Waals surface area contributed by atoms with Gasteiger partial charge < -0.3 is 14.2 Å². The first-order valence-electron chi connectivity index (χ1n) is 9.25. The molecule has 4 rings (SSSR count). The zero-order valence-electron chi connectivity index (χ0n) is 16.1. The lowest BCUT2D eigenvalue weighted by atomic mass is 10.1. The van der Waals surface area contributed by atoms with Gasteiger partial charge in [-0.25, -0.2) is 9.97 Å². The molecule has 0 saturated heterocycles. The standard InChI is InChI=1S/C23H17N5O2/c1-16(29)23-25-10-11-28(23)15-21-12-22(30-27-21)19-7-4-17(5-8-19)2-3-18-6-9-20(13-24)26-14-18/h4-12,14,16,29H,15H2,1H3. The molecule has 7 nitrogen and oxygen atoms in total. The number of aromatic nitrogens is 4. The van der Waals surface area contributed by atoms with Crippen LogP contribution in [0.3, 0.4) is 0 Å². The lowest BCUT2D eigenvalue weighted by Crippen LogP contribution is -2.07. The first kappa shape index (κ1) is 19.1. The van der Waals surface area contributed by atoms with Crippen molar-refractivity contribution in [2.75, 3.05) is 0 Å². The maximum Gasteiger partial charge on any atom is 0.167 e. The van der Waals surface area contributed by atoms with Crippen molar-refractivity contribution >= 4 is 0 Å². The minimum absolute atomic E-state index is 0.367. The third-order valence-electron chi connectivity index (χ3n) is 4.41. The number of imidazole rings is 1. The monoisotopic (exact) mass is 395 g/mol. The van der Waals surface area contributed by atoms with E-state index in [4.69, 9.17) is 9.78 Å². The average molecular weight is 395 g/mol. The molecular formula is C23H17N5O2. The van der Waals surface area contributed by atoms with Gasteiger partial charge in [0.15, 0.2) is 5.76 Å². The van der Waals surface area contributed by atoms with Gasteiger partial charge in [-0.05, 0) is 43.3 Å². The van der Waals surface area contributed by atoms with Crippen molar-refractivity contribution in [3.8, 4) is 29.2 Å². The third-order valence-corrected chi connectivity index (χ3v) is 4.41. The fourth-order valence-corrected chi connectivity index (χ4v) is 2.92. The Bertz CT molecular complexity index is 1250. The molecule has 0 saturated carbocycles. The fraction of sp³-hybridized carbons (Fsp3) is 0.130. The molecule has 146 valence electrons. The summed E-state index contributed by atoms with van der Waals surface area (Å²) in [6, 6.07) is 14.9. The van der Waals surface area contributed by atoms with Crippen molar-refractivity contribution in [2.24, 2.45) is 0 Å². The second kappa shape index (κ2) is 8.44. The normalized spacial score (nSPS) is 11.4. The molecule has 0 bridgehead atoms. The van der Waals surface area contributed by atoms with E-state index in [9.17, 15) is 5.11 Å². The lowest BCUT2D eigenvalue weighted by molar-refractivity contribution is 0.184. The molecule has 30 heavy (non-hydrogen) atoms. The first-order chi connectivity index (χ1) is 14.6. The lowest BCUT2D eigenvalue weighted by Gasteiger charge is -2.07. The maximum absolute atomic E-state index is 9.77. The Morgan fingerprint density at radius 2 is 1.87 bits per heavy atom. The Morgan fingerprint density at radius 3 is 2.57 bits per heavy atom. The number of nitriles is 1. The summed E-state index contributed by atoms with van der Waals surface area (Å²) in [6.45, 7) is 2.14. The molecule has 1 N–H and O–H groups in total. The molecule has 0 aliphatic carbocycles. The number of nitrogens with zero attached hydrogens (tertiary/aromatic N) is 5. The van der Waals surface area contributed by atoms with Gasteiger partial charge in [0.05, 0.1) is 6.54 Å². The van der Waals surface area contributed by atoms with Crippen LogP contribution >= 0.6 is 0 Å². The summed E-state index contributed by atoms with van der Waals surface area (Å²) in [5.41, 5.74) is 3.59. The zero-order valence-corrected chi connectivity index (χ0v) is 16.1. The summed E-state index contributed by atoms with van der Waals surface area (Å²) in [7, 11) is 0. The van der Waals surface area contributed by atoms with Crippen molar-refractivity contribution in [1.82, 2.24) is 19.7 Å². The third kappa shape index (κ3) is 4.27. The molecule has 1 unspecified atom stereocenters. The Kier molecular flexibility index (Phi) is 5.38. The highest BCUT2D eigenvalue weighted by molar-refractivity contribution is 5.59. The van der Waals surface area contributed by atoms with Crippen LogP contribution in [0.15, 0.2) is 65.6 Å². The number of aliphatic hydroxyl groups is 1. The SMILES string of the molecule is CC(O)c1nccn1Cc1cc(-c2ccc(C#Cc3ccc(C#N)nc3)cc2)on1. The highest BCUT2D eigenvalue weighted by Crippen LogP contribution is 2.22. The molecule has 1 aromatic carbocycles. The Morgan fingerprint density at radius 1 is 1.10 bits per heavy atom. The predicted molar refractivity (Wildman–Crippen MR) is 109 cm³/mol. The molecule has 7 heteroatoms. The molecule has 0 radical (unpaired) electrons. The first-order valence-corrected chi connectivity index (χ1v) is 9.25. The van der Waals surface area contributed by atoms with Gasteiger partial charge >= 0.3 is 0 Å². The van der Waals surface area contributed by atoms with Gasteiger partial charge in [-0.3, -0.25) is 0 Å². The van der Waals surface area contributed by atoms with Crippen molar-refractivity contribution in [2.45, 2.75) is 19.6 Å². The zero-order chi connectivity index (χ0) is 20.9. The van der Waals surface area contributed by atoms with Crippen LogP contribution < -0.4 is 0 Å². The van der Waals surface area contributed by atoms with Gasteiger partial charge in [0.2, 0.25) is 0 Å². The second-order valence-electron chi connectivity index (χ2n) is 6.64. The number of rotatable bonds is 4. The van der Waals surface area contributed by atoms with Crippen LogP contribution in [0.2, 0.25) is 0 Å². The molecule has 0 spiro atoms. The van der Waals surface area contributed by atoms with E-state index in [2.05, 4.69) is 27.0 Å². The van der Waals surface area contributed by atoms with Crippen LogP contribution in [0.5, 0.6) is 0 Å². The molecule has 3 aromatic heterocycles. The maximum atomic E-state index is 9.77. The second-order valence-corrected chi connectivity index (χ2v) is 6.64. The van der Waals surface area contributed by atoms with E-state index < -0.39 is 6.10 Å². The van der Waals surface area contributed by atoms with Gasteiger partial charge in [-0.2, -0.15) is 5.26 Å². The Hall–Kier alpha value is -4.20. The highest BCUT2D eigenvalue weighted by Gasteiger charge is 2.12. The largest absolute Gasteiger partial charge is 0.385 e. The smallest absolute Gasteiger partial charge is 0.167 e. The van der Waals surface area contributed by atoms with Crippen LogP contribution in [0.25, 0.3) is 11.3 Å². The van der Waals surface area contributed by atoms with E-state index in [1.165, 1.54) is 0 Å². The summed E-state index contributed by atoms with van der Waals surface area (Å²) in [4.78, 5) is 8.16. The summed E-state index contributed by atoms with van der Waals surface area (Å²) in [5, 5.41) is 22.7. The molecule has 4 aromatic rings. The minimum atomic E-state index is -0.653. The highest BCUT2D eigenvalue weighted by atomic mass is 16.5. The minimum Gasteiger partial charge on any atom is -0.385 e. The molecule has 0 amide bonds. The van der Waals surface area contributed by atoms with E-state index in [0.717, 1.165) is 22.4 Å². The quantitative estimate of drug-likeness (QED) is 0.532. The van der Waals surface area contributed by atoms with E-state index >= 15 is 0 Å². The number of pyridine rings is 1. The summed E-state index contributed by atoms with van der Waals surface area (Å²) in [5.74, 6) is 7.34. The van der Waals surface area contributed by atoms with Gasteiger partial charge in [0, 0.05) is 41.3 Å². The van der Waals surface area contributed by atoms with Crippen molar-refractivity contribution in [1.29, 1.82) is 5.26 Å². The molecule has 0 fully saturated rings. The van der Waals surface area contributed by atoms with E-state index in [-0.39, 0.29) is 0 Å². The summed E-state index contributed by atoms with van der Waals surface area (Å²) in [6.07, 6.45) is 4.38. The van der Waals surface area contributed by atoms with Crippen LogP contribution in [0.4, 0.5) is 0 Å². The van der Waals surface area contributed by atoms with Crippen LogP contribution in [0, 0.1) is 23.2 Å². The predicted octanol–water partition coefficient (Wildman–Crippen LogP) is 3.31. The van der Waals surface area contributed by atoms with Crippen molar-refractivity contribution in [3.63, 3.8) is 0 Å². The van der Waals surface area contributed by atoms with E-state index in [1.807, 2.05) is 41.0 Å². The summed E-state index contributed by atoms with van der Waals surface area (Å²) < 4.78 is 7.31. The number of hydrogen-bond acceptors (Lipinski definition) is 6. The fourth-order valence-electron chi connectivity index (χ4n) is 2.92. The van der Waals surface area contributed by atoms with Gasteiger partial charge in [0.1, 0.15) is 29.4 Å².